The molecule has 1 amide bonds. The van der Waals surface area contributed by atoms with Gasteiger partial charge in [-0.2, -0.15) is 4.99 Å². The summed E-state index contributed by atoms with van der Waals surface area (Å²) < 4.78 is 35.0. The first kappa shape index (κ1) is 20.7. The van der Waals surface area contributed by atoms with Crippen LogP contribution in [0.2, 0.25) is 0 Å². The summed E-state index contributed by atoms with van der Waals surface area (Å²) in [6.07, 6.45) is 0.154. The maximum atomic E-state index is 12.7. The normalized spacial score (nSPS) is 23.4. The predicted octanol–water partition coefficient (Wildman–Crippen LogP) is 2.55. The van der Waals surface area contributed by atoms with Crippen molar-refractivity contribution < 1.29 is 22.7 Å². The number of ether oxygens (including phenoxy) is 2. The molecule has 2 heterocycles. The van der Waals surface area contributed by atoms with E-state index in [9.17, 15) is 13.2 Å². The number of amides is 1. The Bertz CT molecular complexity index is 1080. The number of hydrogen-bond acceptors (Lipinski definition) is 6. The number of amidine groups is 1. The van der Waals surface area contributed by atoms with Crippen molar-refractivity contribution in [1.82, 2.24) is 0 Å². The monoisotopic (exact) mass is 446 g/mol. The lowest BCUT2D eigenvalue weighted by atomic mass is 10.1. The number of para-hydroxylation sites is 2. The highest BCUT2D eigenvalue weighted by atomic mass is 32.2. The van der Waals surface area contributed by atoms with Crippen LogP contribution >= 0.6 is 11.8 Å². The minimum atomic E-state index is -3.13. The van der Waals surface area contributed by atoms with Gasteiger partial charge in [0, 0.05) is 5.25 Å². The highest BCUT2D eigenvalue weighted by Crippen LogP contribution is 2.43. The smallest absolute Gasteiger partial charge is 0.252 e. The van der Waals surface area contributed by atoms with E-state index in [2.05, 4.69) is 4.99 Å². The molecule has 0 spiro atoms. The second-order valence-corrected chi connectivity index (χ2v) is 10.5. The van der Waals surface area contributed by atoms with Crippen molar-refractivity contribution in [3.8, 4) is 11.5 Å². The van der Waals surface area contributed by atoms with Crippen molar-refractivity contribution in [3.05, 3.63) is 54.1 Å². The van der Waals surface area contributed by atoms with Crippen LogP contribution in [0.1, 0.15) is 5.56 Å². The molecule has 2 saturated heterocycles. The number of sulfone groups is 1. The van der Waals surface area contributed by atoms with Crippen molar-refractivity contribution in [1.29, 1.82) is 0 Å². The van der Waals surface area contributed by atoms with Crippen molar-refractivity contribution in [2.45, 2.75) is 17.7 Å². The Labute approximate surface area is 180 Å². The van der Waals surface area contributed by atoms with E-state index in [1.807, 2.05) is 41.3 Å². The zero-order chi connectivity index (χ0) is 21.3. The van der Waals surface area contributed by atoms with E-state index in [0.717, 1.165) is 11.3 Å². The first-order valence-corrected chi connectivity index (χ1v) is 12.1. The lowest BCUT2D eigenvalue weighted by Gasteiger charge is -2.26. The molecule has 2 aromatic carbocycles. The first-order chi connectivity index (χ1) is 14.4. The number of thioether (sulfide) groups is 1. The molecule has 2 fully saturated rings. The van der Waals surface area contributed by atoms with Crippen LogP contribution < -0.4 is 14.4 Å². The number of anilines is 1. The molecule has 0 N–H and O–H groups in total. The summed E-state index contributed by atoms with van der Waals surface area (Å²) in [6.45, 7) is 0. The summed E-state index contributed by atoms with van der Waals surface area (Å²) in [7, 11) is 0.0281. The van der Waals surface area contributed by atoms with Gasteiger partial charge in [-0.15, -0.1) is 0 Å². The molecule has 9 heteroatoms. The Hall–Kier alpha value is -2.52. The van der Waals surface area contributed by atoms with Crippen LogP contribution in [0.4, 0.5) is 5.69 Å². The van der Waals surface area contributed by atoms with E-state index in [4.69, 9.17) is 9.47 Å². The molecular weight excluding hydrogens is 424 g/mol. The number of carbonyl (C=O) groups excluding carboxylic acids is 1. The zero-order valence-corrected chi connectivity index (χ0v) is 18.3. The molecule has 0 aromatic heterocycles. The summed E-state index contributed by atoms with van der Waals surface area (Å²) in [6, 6.07) is 14.4. The number of benzene rings is 2. The summed E-state index contributed by atoms with van der Waals surface area (Å²) in [5.74, 6) is 1.16. The summed E-state index contributed by atoms with van der Waals surface area (Å²) in [5.41, 5.74) is 1.55. The van der Waals surface area contributed by atoms with Crippen LogP contribution in [-0.2, 0) is 21.1 Å². The topological polar surface area (TPSA) is 85.3 Å². The van der Waals surface area contributed by atoms with Crippen LogP contribution in [0.15, 0.2) is 53.5 Å². The number of rotatable bonds is 5. The van der Waals surface area contributed by atoms with Gasteiger partial charge >= 0.3 is 0 Å². The zero-order valence-electron chi connectivity index (χ0n) is 16.6. The van der Waals surface area contributed by atoms with Crippen molar-refractivity contribution in [3.63, 3.8) is 0 Å². The van der Waals surface area contributed by atoms with E-state index in [0.29, 0.717) is 16.6 Å². The number of fused-ring (bicyclic) bond motifs is 1. The fourth-order valence-electron chi connectivity index (χ4n) is 3.74. The average Bonchev–Trinajstić information content (AvgIpc) is 3.19. The summed E-state index contributed by atoms with van der Waals surface area (Å²) in [5, 5.41) is 0.357. The van der Waals surface area contributed by atoms with Crippen molar-refractivity contribution in [2.24, 2.45) is 4.99 Å². The Balaban J connectivity index is 1.64. The maximum Gasteiger partial charge on any atom is 0.252 e. The summed E-state index contributed by atoms with van der Waals surface area (Å²) >= 11 is 1.35. The van der Waals surface area contributed by atoms with Crippen molar-refractivity contribution in [2.75, 3.05) is 30.6 Å². The van der Waals surface area contributed by atoms with Crippen LogP contribution in [0, 0.1) is 0 Å². The number of nitrogens with zero attached hydrogens (tertiary/aromatic N) is 2. The van der Waals surface area contributed by atoms with Gasteiger partial charge in [-0.3, -0.25) is 4.79 Å². The van der Waals surface area contributed by atoms with Gasteiger partial charge in [-0.1, -0.05) is 36.0 Å². The molecule has 4 rings (SSSR count). The van der Waals surface area contributed by atoms with Gasteiger partial charge in [-0.05, 0) is 29.8 Å². The lowest BCUT2D eigenvalue weighted by Crippen LogP contribution is -2.38. The molecule has 2 aromatic rings. The molecule has 158 valence electrons. The summed E-state index contributed by atoms with van der Waals surface area (Å²) in [4.78, 5) is 18.9. The number of methoxy groups -OCH3 is 2. The fourth-order valence-corrected chi connectivity index (χ4v) is 7.66. The molecular formula is C21H22N2O5S2. The largest absolute Gasteiger partial charge is 0.497 e. The molecule has 0 aliphatic carbocycles. The molecule has 2 aliphatic rings. The molecule has 7 nitrogen and oxygen atoms in total. The Morgan fingerprint density at radius 2 is 1.83 bits per heavy atom. The second-order valence-electron chi connectivity index (χ2n) is 7.16. The average molecular weight is 447 g/mol. The standard InChI is InChI=1S/C21H22N2O5S2/c1-27-15-9-7-14(8-10-15)11-20(24)22-21-23(16-5-3-4-6-18(16)28-2)17-12-30(25,26)13-19(17)29-21/h3-10,17,19H,11-13H2,1-2H3/t17-,19+/m1/s1. The van der Waals surface area contributed by atoms with Crippen LogP contribution in [0.25, 0.3) is 0 Å². The number of hydrogen-bond donors (Lipinski definition) is 0. The highest BCUT2D eigenvalue weighted by Gasteiger charge is 2.50. The molecule has 2 aliphatic heterocycles. The van der Waals surface area contributed by atoms with Gasteiger partial charge in [0.2, 0.25) is 0 Å². The third-order valence-electron chi connectivity index (χ3n) is 5.15. The molecule has 30 heavy (non-hydrogen) atoms. The molecule has 2 atom stereocenters. The van der Waals surface area contributed by atoms with E-state index in [1.54, 1.807) is 26.4 Å². The minimum absolute atomic E-state index is 0.0361. The number of aliphatic imine (C=N–C) groups is 1. The van der Waals surface area contributed by atoms with E-state index in [-0.39, 0.29) is 35.1 Å². The molecule has 0 bridgehead atoms. The van der Waals surface area contributed by atoms with Gasteiger partial charge < -0.3 is 14.4 Å². The Morgan fingerprint density at radius 1 is 1.10 bits per heavy atom. The molecule has 0 unspecified atom stereocenters. The van der Waals surface area contributed by atoms with Crippen molar-refractivity contribution >= 4 is 38.4 Å². The lowest BCUT2D eigenvalue weighted by molar-refractivity contribution is -0.117. The van der Waals surface area contributed by atoms with Crippen LogP contribution in [0.5, 0.6) is 11.5 Å². The Kier molecular flexibility index (Phi) is 5.75. The maximum absolute atomic E-state index is 12.7. The first-order valence-electron chi connectivity index (χ1n) is 9.44. The SMILES string of the molecule is COc1ccc(CC(=O)N=C2S[C@H]3CS(=O)(=O)C[C@H]3N2c2ccccc2OC)cc1. The van der Waals surface area contributed by atoms with Gasteiger partial charge in [0.1, 0.15) is 11.5 Å². The van der Waals surface area contributed by atoms with Gasteiger partial charge in [-0.25, -0.2) is 8.42 Å². The van der Waals surface area contributed by atoms with Gasteiger partial charge in [0.05, 0.1) is 43.9 Å². The van der Waals surface area contributed by atoms with Crippen LogP contribution in [-0.4, -0.2) is 56.5 Å². The minimum Gasteiger partial charge on any atom is -0.497 e. The van der Waals surface area contributed by atoms with E-state index >= 15 is 0 Å². The predicted molar refractivity (Wildman–Crippen MR) is 118 cm³/mol. The Morgan fingerprint density at radius 3 is 2.53 bits per heavy atom. The van der Waals surface area contributed by atoms with E-state index < -0.39 is 9.84 Å². The fraction of sp³-hybridized carbons (Fsp3) is 0.333. The quantitative estimate of drug-likeness (QED) is 0.698. The van der Waals surface area contributed by atoms with Gasteiger partial charge in [0.25, 0.3) is 5.91 Å². The highest BCUT2D eigenvalue weighted by molar-refractivity contribution is 8.16. The molecule has 0 radical (unpaired) electrons. The third-order valence-corrected chi connectivity index (χ3v) is 8.36. The number of carbonyl (C=O) groups is 1. The van der Waals surface area contributed by atoms with E-state index in [1.165, 1.54) is 11.8 Å². The third kappa shape index (κ3) is 4.17. The second kappa shape index (κ2) is 8.31. The van der Waals surface area contributed by atoms with Crippen LogP contribution in [0.3, 0.4) is 0 Å². The van der Waals surface area contributed by atoms with Gasteiger partial charge in [0.15, 0.2) is 15.0 Å². The molecule has 0 saturated carbocycles.